The zero-order valence-electron chi connectivity index (χ0n) is 16.2. The molecular weight excluding hydrogens is 471 g/mol. The molecule has 1 fully saturated rings. The van der Waals surface area contributed by atoms with Crippen molar-refractivity contribution in [1.82, 2.24) is 15.6 Å². The molecule has 0 spiro atoms. The Morgan fingerprint density at radius 3 is 2.78 bits per heavy atom. The molecule has 3 rings (SSSR count). The monoisotopic (exact) mass is 500 g/mol. The van der Waals surface area contributed by atoms with E-state index in [-0.39, 0.29) is 24.0 Å². The molecule has 0 aliphatic heterocycles. The van der Waals surface area contributed by atoms with Gasteiger partial charge >= 0.3 is 0 Å². The largest absolute Gasteiger partial charge is 0.493 e. The summed E-state index contributed by atoms with van der Waals surface area (Å²) < 4.78 is 6.05. The van der Waals surface area contributed by atoms with Gasteiger partial charge in [-0.05, 0) is 51.2 Å². The Balaban J connectivity index is 0.00000261. The SMILES string of the molecule is CCNC(=NCc1ccc(C)cc1OCC1CC1)NCc1ncc(C)s1.I. The van der Waals surface area contributed by atoms with Crippen LogP contribution in [0.5, 0.6) is 5.75 Å². The van der Waals surface area contributed by atoms with Crippen molar-refractivity contribution >= 4 is 41.3 Å². The fourth-order valence-electron chi connectivity index (χ4n) is 2.57. The standard InChI is InChI=1S/C20H28N4OS.HI/c1-4-21-20(24-12-19-22-10-15(3)26-19)23-11-17-8-5-14(2)9-18(17)25-13-16-6-7-16;/h5,8-10,16H,4,6-7,11-13H2,1-3H3,(H2,21,23,24);1H. The third-order valence-corrected chi connectivity index (χ3v) is 5.13. The number of guanidine groups is 1. The Morgan fingerprint density at radius 2 is 2.11 bits per heavy atom. The molecule has 0 amide bonds. The lowest BCUT2D eigenvalue weighted by Crippen LogP contribution is -2.36. The van der Waals surface area contributed by atoms with Gasteiger partial charge in [-0.1, -0.05) is 12.1 Å². The molecule has 1 saturated carbocycles. The third kappa shape index (κ3) is 7.29. The van der Waals surface area contributed by atoms with E-state index in [0.717, 1.165) is 41.3 Å². The summed E-state index contributed by atoms with van der Waals surface area (Å²) in [5, 5.41) is 7.72. The molecule has 0 saturated heterocycles. The van der Waals surface area contributed by atoms with Crippen LogP contribution in [0.2, 0.25) is 0 Å². The molecule has 2 aromatic rings. The summed E-state index contributed by atoms with van der Waals surface area (Å²) in [6.07, 6.45) is 4.50. The first-order valence-electron chi connectivity index (χ1n) is 9.30. The van der Waals surface area contributed by atoms with Crippen LogP contribution in [0.1, 0.15) is 40.8 Å². The first-order valence-corrected chi connectivity index (χ1v) is 10.1. The van der Waals surface area contributed by atoms with Crippen LogP contribution < -0.4 is 15.4 Å². The van der Waals surface area contributed by atoms with Gasteiger partial charge in [0.05, 0.1) is 19.7 Å². The molecule has 0 bridgehead atoms. The maximum Gasteiger partial charge on any atom is 0.191 e. The highest BCUT2D eigenvalue weighted by molar-refractivity contribution is 14.0. The van der Waals surface area contributed by atoms with E-state index >= 15 is 0 Å². The zero-order chi connectivity index (χ0) is 18.4. The molecule has 1 aliphatic carbocycles. The fraction of sp³-hybridized carbons (Fsp3) is 0.500. The predicted octanol–water partition coefficient (Wildman–Crippen LogP) is 4.42. The summed E-state index contributed by atoms with van der Waals surface area (Å²) in [6.45, 7) is 9.15. The lowest BCUT2D eigenvalue weighted by atomic mass is 10.1. The van der Waals surface area contributed by atoms with Crippen molar-refractivity contribution in [2.75, 3.05) is 13.2 Å². The van der Waals surface area contributed by atoms with Crippen LogP contribution in [0.25, 0.3) is 0 Å². The van der Waals surface area contributed by atoms with Crippen molar-refractivity contribution in [2.45, 2.75) is 46.7 Å². The number of aryl methyl sites for hydroxylation is 2. The Kier molecular flexibility index (Phi) is 8.82. The second-order valence-corrected chi connectivity index (χ2v) is 8.10. The van der Waals surface area contributed by atoms with Crippen LogP contribution in [0.3, 0.4) is 0 Å². The number of nitrogens with one attached hydrogen (secondary N) is 2. The number of hydrogen-bond acceptors (Lipinski definition) is 4. The number of aromatic nitrogens is 1. The van der Waals surface area contributed by atoms with E-state index in [2.05, 4.69) is 54.6 Å². The first-order chi connectivity index (χ1) is 12.6. The number of halogens is 1. The van der Waals surface area contributed by atoms with Gasteiger partial charge in [0.2, 0.25) is 0 Å². The molecule has 1 aliphatic rings. The van der Waals surface area contributed by atoms with Crippen molar-refractivity contribution in [1.29, 1.82) is 0 Å². The van der Waals surface area contributed by atoms with Crippen molar-refractivity contribution in [3.05, 3.63) is 45.4 Å². The molecule has 0 unspecified atom stereocenters. The Hall–Kier alpha value is -1.35. The number of thiazole rings is 1. The number of ether oxygens (including phenoxy) is 1. The first kappa shape index (κ1) is 21.9. The minimum Gasteiger partial charge on any atom is -0.493 e. The summed E-state index contributed by atoms with van der Waals surface area (Å²) in [7, 11) is 0. The molecule has 0 atom stereocenters. The molecule has 0 radical (unpaired) electrons. The van der Waals surface area contributed by atoms with Gasteiger partial charge in [-0.25, -0.2) is 9.98 Å². The highest BCUT2D eigenvalue weighted by atomic mass is 127. The van der Waals surface area contributed by atoms with Gasteiger partial charge in [0.25, 0.3) is 0 Å². The highest BCUT2D eigenvalue weighted by Crippen LogP contribution is 2.30. The molecule has 148 valence electrons. The Bertz CT molecular complexity index is 758. The van der Waals surface area contributed by atoms with Gasteiger partial charge in [-0.2, -0.15) is 0 Å². The molecule has 2 N–H and O–H groups in total. The number of rotatable bonds is 8. The lowest BCUT2D eigenvalue weighted by molar-refractivity contribution is 0.296. The highest BCUT2D eigenvalue weighted by Gasteiger charge is 2.22. The van der Waals surface area contributed by atoms with E-state index in [1.807, 2.05) is 6.20 Å². The van der Waals surface area contributed by atoms with Gasteiger partial charge in [0.1, 0.15) is 10.8 Å². The van der Waals surface area contributed by atoms with Crippen molar-refractivity contribution in [3.63, 3.8) is 0 Å². The second kappa shape index (κ2) is 10.8. The topological polar surface area (TPSA) is 58.5 Å². The maximum absolute atomic E-state index is 6.05. The van der Waals surface area contributed by atoms with Crippen LogP contribution in [-0.4, -0.2) is 24.1 Å². The van der Waals surface area contributed by atoms with Gasteiger partial charge in [0, 0.05) is 23.2 Å². The van der Waals surface area contributed by atoms with E-state index in [1.165, 1.54) is 23.3 Å². The van der Waals surface area contributed by atoms with Crippen molar-refractivity contribution in [3.8, 4) is 5.75 Å². The molecule has 27 heavy (non-hydrogen) atoms. The Morgan fingerprint density at radius 1 is 1.30 bits per heavy atom. The number of aliphatic imine (C=N–C) groups is 1. The quantitative estimate of drug-likeness (QED) is 0.320. The fourth-order valence-corrected chi connectivity index (χ4v) is 3.29. The summed E-state index contributed by atoms with van der Waals surface area (Å²) in [5.74, 6) is 2.51. The summed E-state index contributed by atoms with van der Waals surface area (Å²) in [4.78, 5) is 10.3. The maximum atomic E-state index is 6.05. The van der Waals surface area contributed by atoms with Crippen LogP contribution in [0.4, 0.5) is 0 Å². The van der Waals surface area contributed by atoms with Crippen molar-refractivity contribution < 1.29 is 4.74 Å². The molecule has 7 heteroatoms. The van der Waals surface area contributed by atoms with Crippen LogP contribution >= 0.6 is 35.3 Å². The number of benzene rings is 1. The smallest absolute Gasteiger partial charge is 0.191 e. The summed E-state index contributed by atoms with van der Waals surface area (Å²) in [5.41, 5.74) is 2.34. The van der Waals surface area contributed by atoms with Gasteiger partial charge in [-0.15, -0.1) is 35.3 Å². The second-order valence-electron chi connectivity index (χ2n) is 6.78. The average Bonchev–Trinajstić information content (AvgIpc) is 3.37. The van der Waals surface area contributed by atoms with E-state index in [0.29, 0.717) is 13.1 Å². The molecule has 5 nitrogen and oxygen atoms in total. The predicted molar refractivity (Wildman–Crippen MR) is 123 cm³/mol. The summed E-state index contributed by atoms with van der Waals surface area (Å²) >= 11 is 1.71. The van der Waals surface area contributed by atoms with Gasteiger partial charge in [-0.3, -0.25) is 0 Å². The van der Waals surface area contributed by atoms with Gasteiger partial charge in [0.15, 0.2) is 5.96 Å². The molecule has 1 heterocycles. The minimum atomic E-state index is 0. The van der Waals surface area contributed by atoms with Crippen LogP contribution in [0, 0.1) is 19.8 Å². The van der Waals surface area contributed by atoms with E-state index in [4.69, 9.17) is 9.73 Å². The molecule has 1 aromatic heterocycles. The Labute approximate surface area is 183 Å². The zero-order valence-corrected chi connectivity index (χ0v) is 19.4. The third-order valence-electron chi connectivity index (χ3n) is 4.22. The van der Waals surface area contributed by atoms with Crippen molar-refractivity contribution in [2.24, 2.45) is 10.9 Å². The lowest BCUT2D eigenvalue weighted by Gasteiger charge is -2.13. The van der Waals surface area contributed by atoms with E-state index in [9.17, 15) is 0 Å². The van der Waals surface area contributed by atoms with E-state index in [1.54, 1.807) is 11.3 Å². The molecule has 1 aromatic carbocycles. The minimum absolute atomic E-state index is 0. The summed E-state index contributed by atoms with van der Waals surface area (Å²) in [6, 6.07) is 6.36. The number of nitrogens with zero attached hydrogens (tertiary/aromatic N) is 2. The number of hydrogen-bond donors (Lipinski definition) is 2. The molecular formula is C20H29IN4OS. The van der Waals surface area contributed by atoms with E-state index < -0.39 is 0 Å². The average molecular weight is 500 g/mol. The van der Waals surface area contributed by atoms with Gasteiger partial charge < -0.3 is 15.4 Å². The van der Waals surface area contributed by atoms with Crippen LogP contribution in [-0.2, 0) is 13.1 Å². The normalized spacial score (nSPS) is 13.8. The van der Waals surface area contributed by atoms with Crippen LogP contribution in [0.15, 0.2) is 29.4 Å².